The van der Waals surface area contributed by atoms with Crippen LogP contribution in [0.5, 0.6) is 0 Å². The van der Waals surface area contributed by atoms with E-state index in [1.165, 1.54) is 24.3 Å². The Bertz CT molecular complexity index is 1150. The molecule has 2 aliphatic rings. The summed E-state index contributed by atoms with van der Waals surface area (Å²) in [5.41, 5.74) is 6.22. The van der Waals surface area contributed by atoms with Gasteiger partial charge in [0, 0.05) is 36.1 Å². The average Bonchev–Trinajstić information content (AvgIpc) is 3.26. The van der Waals surface area contributed by atoms with Crippen LogP contribution in [-0.4, -0.2) is 39.4 Å². The molecule has 0 aliphatic carbocycles. The van der Waals surface area contributed by atoms with E-state index in [1.807, 2.05) is 6.07 Å². The van der Waals surface area contributed by atoms with Gasteiger partial charge < -0.3 is 10.2 Å². The van der Waals surface area contributed by atoms with Gasteiger partial charge in [0.1, 0.15) is 0 Å². The number of hydrogen-bond acceptors (Lipinski definition) is 6. The van der Waals surface area contributed by atoms with E-state index in [9.17, 15) is 14.9 Å². The monoisotopic (exact) mass is 418 g/mol. The molecule has 0 saturated heterocycles. The Balaban J connectivity index is 1.52. The third-order valence-corrected chi connectivity index (χ3v) is 5.39. The average molecular weight is 418 g/mol. The van der Waals surface area contributed by atoms with E-state index >= 15 is 0 Å². The number of carbonyl (C=O) groups excluding carboxylic acids is 1. The molecule has 0 aromatic heterocycles. The highest BCUT2D eigenvalue weighted by atomic mass is 16.6. The molecule has 0 bridgehead atoms. The predicted molar refractivity (Wildman–Crippen MR) is 120 cm³/mol. The Kier molecular flexibility index (Phi) is 5.02. The number of aliphatic imine (C=N–C) groups is 1. The van der Waals surface area contributed by atoms with Crippen molar-refractivity contribution in [2.75, 3.05) is 11.9 Å². The Morgan fingerprint density at radius 1 is 1.26 bits per heavy atom. The van der Waals surface area contributed by atoms with Crippen molar-refractivity contribution >= 4 is 34.5 Å². The summed E-state index contributed by atoms with van der Waals surface area (Å²) < 4.78 is 0. The van der Waals surface area contributed by atoms with Gasteiger partial charge in [0.2, 0.25) is 0 Å². The number of anilines is 1. The number of amidine groups is 1. The Labute approximate surface area is 179 Å². The molecule has 158 valence electrons. The maximum Gasteiger partial charge on any atom is 0.269 e. The summed E-state index contributed by atoms with van der Waals surface area (Å²) in [7, 11) is 0. The second-order valence-corrected chi connectivity index (χ2v) is 7.73. The molecule has 0 spiro atoms. The molecule has 9 nitrogen and oxygen atoms in total. The van der Waals surface area contributed by atoms with Gasteiger partial charge in [-0.1, -0.05) is 6.07 Å². The topological polar surface area (TPSA) is 112 Å². The van der Waals surface area contributed by atoms with E-state index < -0.39 is 4.92 Å². The fourth-order valence-corrected chi connectivity index (χ4v) is 3.68. The largest absolute Gasteiger partial charge is 0.366 e. The molecule has 2 aromatic rings. The SMILES string of the molecule is CCN1C=C2C(=Nc3cccc(NC(=O)c4ccc([N+](=O)[O-])cc4)c3)NN=C2C1(C)C. The zero-order valence-corrected chi connectivity index (χ0v) is 17.4. The third kappa shape index (κ3) is 3.77. The van der Waals surface area contributed by atoms with Gasteiger partial charge in [-0.05, 0) is 51.1 Å². The molecule has 31 heavy (non-hydrogen) atoms. The van der Waals surface area contributed by atoms with Crippen LogP contribution in [0.1, 0.15) is 31.1 Å². The lowest BCUT2D eigenvalue weighted by molar-refractivity contribution is -0.384. The molecular formula is C22H22N6O3. The number of nitrogens with one attached hydrogen (secondary N) is 2. The Morgan fingerprint density at radius 2 is 2.00 bits per heavy atom. The van der Waals surface area contributed by atoms with E-state index in [0.717, 1.165) is 17.8 Å². The molecule has 2 aromatic carbocycles. The fraction of sp³-hybridized carbons (Fsp3) is 0.227. The number of amides is 1. The molecule has 2 N–H and O–H groups in total. The van der Waals surface area contributed by atoms with E-state index in [1.54, 1.807) is 18.2 Å². The lowest BCUT2D eigenvalue weighted by Gasteiger charge is -2.31. The van der Waals surface area contributed by atoms with Crippen LogP contribution in [-0.2, 0) is 0 Å². The van der Waals surface area contributed by atoms with Gasteiger partial charge >= 0.3 is 0 Å². The molecule has 0 saturated carbocycles. The normalized spacial score (nSPS) is 17.6. The number of nitrogens with zero attached hydrogens (tertiary/aromatic N) is 4. The first-order valence-corrected chi connectivity index (χ1v) is 9.87. The highest BCUT2D eigenvalue weighted by Crippen LogP contribution is 2.32. The van der Waals surface area contributed by atoms with Crippen LogP contribution in [0.15, 0.2) is 70.4 Å². The standard InChI is InChI=1S/C22H22N6O3/c1-4-27-13-18-19(22(27,2)3)25-26-20(18)23-15-6-5-7-16(12-15)24-21(29)14-8-10-17(11-9-14)28(30)31/h5-13H,4H2,1-3H3,(H,23,26)(H,24,29). The lowest BCUT2D eigenvalue weighted by atomic mass is 9.96. The molecule has 1 amide bonds. The number of hydrogen-bond donors (Lipinski definition) is 2. The second kappa shape index (κ2) is 7.67. The van der Waals surface area contributed by atoms with E-state index in [0.29, 0.717) is 22.8 Å². The zero-order valence-electron chi connectivity index (χ0n) is 17.4. The van der Waals surface area contributed by atoms with Crippen molar-refractivity contribution in [3.05, 3.63) is 76.0 Å². The number of non-ortho nitro benzene ring substituents is 1. The van der Waals surface area contributed by atoms with Crippen molar-refractivity contribution in [2.45, 2.75) is 26.3 Å². The second-order valence-electron chi connectivity index (χ2n) is 7.73. The summed E-state index contributed by atoms with van der Waals surface area (Å²) in [4.78, 5) is 29.6. The molecule has 0 radical (unpaired) electrons. The van der Waals surface area contributed by atoms with Gasteiger partial charge in [-0.25, -0.2) is 4.99 Å². The highest BCUT2D eigenvalue weighted by molar-refractivity contribution is 6.31. The van der Waals surface area contributed by atoms with Crippen LogP contribution in [0.2, 0.25) is 0 Å². The number of benzene rings is 2. The minimum Gasteiger partial charge on any atom is -0.366 e. The van der Waals surface area contributed by atoms with Gasteiger partial charge in [-0.2, -0.15) is 5.10 Å². The first kappa shape index (κ1) is 20.3. The quantitative estimate of drug-likeness (QED) is 0.566. The maximum absolute atomic E-state index is 12.5. The zero-order chi connectivity index (χ0) is 22.2. The van der Waals surface area contributed by atoms with Gasteiger partial charge in [0.25, 0.3) is 11.6 Å². The third-order valence-electron chi connectivity index (χ3n) is 5.39. The van der Waals surface area contributed by atoms with Gasteiger partial charge in [-0.15, -0.1) is 0 Å². The van der Waals surface area contributed by atoms with Crippen molar-refractivity contribution in [3.8, 4) is 0 Å². The van der Waals surface area contributed by atoms with Crippen LogP contribution in [0.3, 0.4) is 0 Å². The summed E-state index contributed by atoms with van der Waals surface area (Å²) in [6, 6.07) is 12.6. The summed E-state index contributed by atoms with van der Waals surface area (Å²) >= 11 is 0. The number of nitro benzene ring substituents is 1. The molecule has 0 atom stereocenters. The molecule has 9 heteroatoms. The molecule has 2 aliphatic heterocycles. The molecule has 2 heterocycles. The van der Waals surface area contributed by atoms with Crippen molar-refractivity contribution in [1.82, 2.24) is 10.3 Å². The van der Waals surface area contributed by atoms with Crippen molar-refractivity contribution in [3.63, 3.8) is 0 Å². The molecule has 0 fully saturated rings. The number of nitro groups is 1. The number of hydrazone groups is 1. The molecular weight excluding hydrogens is 396 g/mol. The summed E-state index contributed by atoms with van der Waals surface area (Å²) in [5, 5.41) is 18.0. The number of fused-ring (bicyclic) bond motifs is 1. The van der Waals surface area contributed by atoms with Crippen molar-refractivity contribution < 1.29 is 9.72 Å². The number of carbonyl (C=O) groups is 1. The van der Waals surface area contributed by atoms with Gasteiger partial charge in [-0.3, -0.25) is 20.3 Å². The fourth-order valence-electron chi connectivity index (χ4n) is 3.68. The predicted octanol–water partition coefficient (Wildman–Crippen LogP) is 3.83. The molecule has 0 unspecified atom stereocenters. The summed E-state index contributed by atoms with van der Waals surface area (Å²) in [5.74, 6) is 0.307. The first-order chi connectivity index (χ1) is 14.8. The molecule has 4 rings (SSSR count). The summed E-state index contributed by atoms with van der Waals surface area (Å²) in [6.45, 7) is 7.21. The van der Waals surface area contributed by atoms with Crippen LogP contribution >= 0.6 is 0 Å². The van der Waals surface area contributed by atoms with E-state index in [-0.39, 0.29) is 17.1 Å². The maximum atomic E-state index is 12.5. The van der Waals surface area contributed by atoms with Gasteiger partial charge in [0.15, 0.2) is 5.84 Å². The minimum atomic E-state index is -0.503. The minimum absolute atomic E-state index is 0.0638. The summed E-state index contributed by atoms with van der Waals surface area (Å²) in [6.07, 6.45) is 2.07. The smallest absolute Gasteiger partial charge is 0.269 e. The highest BCUT2D eigenvalue weighted by Gasteiger charge is 2.42. The van der Waals surface area contributed by atoms with Crippen LogP contribution < -0.4 is 10.7 Å². The van der Waals surface area contributed by atoms with E-state index in [2.05, 4.69) is 52.7 Å². The number of rotatable bonds is 5. The van der Waals surface area contributed by atoms with E-state index in [4.69, 9.17) is 0 Å². The van der Waals surface area contributed by atoms with Crippen molar-refractivity contribution in [1.29, 1.82) is 0 Å². The first-order valence-electron chi connectivity index (χ1n) is 9.87. The Morgan fingerprint density at radius 3 is 2.68 bits per heavy atom. The van der Waals surface area contributed by atoms with Crippen LogP contribution in [0, 0.1) is 10.1 Å². The van der Waals surface area contributed by atoms with Crippen LogP contribution in [0.4, 0.5) is 17.1 Å². The van der Waals surface area contributed by atoms with Crippen LogP contribution in [0.25, 0.3) is 0 Å². The Hall–Kier alpha value is -4.01. The van der Waals surface area contributed by atoms with Crippen molar-refractivity contribution in [2.24, 2.45) is 10.1 Å². The lowest BCUT2D eigenvalue weighted by Crippen LogP contribution is -2.42. The van der Waals surface area contributed by atoms with Gasteiger partial charge in [0.05, 0.1) is 27.4 Å².